The van der Waals surface area contributed by atoms with Gasteiger partial charge in [0.05, 0.1) is 23.2 Å². The summed E-state index contributed by atoms with van der Waals surface area (Å²) in [5, 5.41) is 9.74. The summed E-state index contributed by atoms with van der Waals surface area (Å²) in [4.78, 5) is 27.5. The van der Waals surface area contributed by atoms with Crippen molar-refractivity contribution in [3.8, 4) is 11.1 Å². The smallest absolute Gasteiger partial charge is 0.411 e. The van der Waals surface area contributed by atoms with E-state index in [-0.39, 0.29) is 24.2 Å². The molecule has 1 atom stereocenters. The van der Waals surface area contributed by atoms with Crippen molar-refractivity contribution in [2.24, 2.45) is 0 Å². The number of carbonyl (C=O) groups is 2. The number of sulfonamides is 1. The standard InChI is InChI=1S/C22H27N3O5S/c1-4-7-21(26)25-15(3)14-24(22(27)28)20-13-17(10-11-19(20)25)16-8-6-9-18(12-16)23-31(29,30)5-2/h6,8-13,15,23H,4-5,7,14H2,1-3H3,(H,27,28)/t15-/m0/s1. The number of benzene rings is 2. The van der Waals surface area contributed by atoms with Crippen LogP contribution in [0.3, 0.4) is 0 Å². The van der Waals surface area contributed by atoms with Crippen molar-refractivity contribution in [1.29, 1.82) is 0 Å². The van der Waals surface area contributed by atoms with E-state index in [1.165, 1.54) is 4.90 Å². The van der Waals surface area contributed by atoms with Crippen LogP contribution in [-0.2, 0) is 14.8 Å². The normalized spacial score (nSPS) is 16.0. The molecule has 0 radical (unpaired) electrons. The van der Waals surface area contributed by atoms with E-state index in [0.717, 1.165) is 11.1 Å². The Bertz CT molecular complexity index is 1100. The van der Waals surface area contributed by atoms with Crippen LogP contribution in [-0.4, -0.2) is 43.9 Å². The maximum atomic E-state index is 12.7. The molecule has 0 aromatic heterocycles. The van der Waals surface area contributed by atoms with Gasteiger partial charge < -0.3 is 10.0 Å². The molecule has 1 aliphatic rings. The quantitative estimate of drug-likeness (QED) is 0.695. The predicted molar refractivity (Wildman–Crippen MR) is 122 cm³/mol. The topological polar surface area (TPSA) is 107 Å². The fraction of sp³-hybridized carbons (Fsp3) is 0.364. The third-order valence-corrected chi connectivity index (χ3v) is 6.53. The van der Waals surface area contributed by atoms with Crippen molar-refractivity contribution in [1.82, 2.24) is 0 Å². The van der Waals surface area contributed by atoms with Gasteiger partial charge in [0.25, 0.3) is 0 Å². The largest absolute Gasteiger partial charge is 0.465 e. The summed E-state index contributed by atoms with van der Waals surface area (Å²) in [5.41, 5.74) is 2.88. The van der Waals surface area contributed by atoms with Gasteiger partial charge in [-0.2, -0.15) is 0 Å². The zero-order valence-electron chi connectivity index (χ0n) is 17.8. The molecule has 0 bridgehead atoms. The number of rotatable bonds is 6. The van der Waals surface area contributed by atoms with Crippen LogP contribution in [0.2, 0.25) is 0 Å². The second kappa shape index (κ2) is 8.97. The van der Waals surface area contributed by atoms with E-state index in [0.29, 0.717) is 29.9 Å². The van der Waals surface area contributed by atoms with Gasteiger partial charge in [-0.3, -0.25) is 14.4 Å². The SMILES string of the molecule is CCCC(=O)N1c2ccc(-c3cccc(NS(=O)(=O)CC)c3)cc2N(C(=O)O)C[C@@H]1C. The van der Waals surface area contributed by atoms with E-state index < -0.39 is 16.1 Å². The van der Waals surface area contributed by atoms with Gasteiger partial charge >= 0.3 is 6.09 Å². The monoisotopic (exact) mass is 445 g/mol. The number of hydrogen-bond donors (Lipinski definition) is 2. The van der Waals surface area contributed by atoms with Crippen LogP contribution in [0.4, 0.5) is 21.9 Å². The molecule has 9 heteroatoms. The molecule has 1 heterocycles. The molecule has 0 unspecified atom stereocenters. The summed E-state index contributed by atoms with van der Waals surface area (Å²) in [5.74, 6) is -0.0753. The Hall–Kier alpha value is -3.07. The lowest BCUT2D eigenvalue weighted by molar-refractivity contribution is -0.119. The molecule has 2 N–H and O–H groups in total. The van der Waals surface area contributed by atoms with E-state index in [2.05, 4.69) is 4.72 Å². The van der Waals surface area contributed by atoms with Crippen molar-refractivity contribution in [2.45, 2.75) is 39.7 Å². The van der Waals surface area contributed by atoms with Crippen LogP contribution in [0, 0.1) is 0 Å². The van der Waals surface area contributed by atoms with Crippen molar-refractivity contribution < 1.29 is 23.1 Å². The van der Waals surface area contributed by atoms with Crippen LogP contribution in [0.15, 0.2) is 42.5 Å². The zero-order valence-corrected chi connectivity index (χ0v) is 18.6. The second-order valence-electron chi connectivity index (χ2n) is 7.55. The van der Waals surface area contributed by atoms with Gasteiger partial charge in [0.1, 0.15) is 0 Å². The molecule has 2 aromatic rings. The van der Waals surface area contributed by atoms with Gasteiger partial charge in [0, 0.05) is 18.7 Å². The van der Waals surface area contributed by atoms with Crippen LogP contribution in [0.5, 0.6) is 0 Å². The molecule has 2 aromatic carbocycles. The van der Waals surface area contributed by atoms with E-state index in [9.17, 15) is 23.1 Å². The molecule has 3 rings (SSSR count). The van der Waals surface area contributed by atoms with Crippen LogP contribution in [0.25, 0.3) is 11.1 Å². The molecule has 0 saturated heterocycles. The number of amides is 2. The van der Waals surface area contributed by atoms with Gasteiger partial charge in [0.2, 0.25) is 15.9 Å². The van der Waals surface area contributed by atoms with E-state index in [1.54, 1.807) is 42.2 Å². The lowest BCUT2D eigenvalue weighted by Crippen LogP contribution is -2.51. The van der Waals surface area contributed by atoms with Crippen molar-refractivity contribution in [3.63, 3.8) is 0 Å². The molecule has 31 heavy (non-hydrogen) atoms. The Morgan fingerprint density at radius 1 is 1.10 bits per heavy atom. The maximum absolute atomic E-state index is 12.7. The first kappa shape index (κ1) is 22.6. The molecule has 1 aliphatic heterocycles. The van der Waals surface area contributed by atoms with Gasteiger partial charge in [-0.25, -0.2) is 13.2 Å². The molecule has 0 aliphatic carbocycles. The Morgan fingerprint density at radius 2 is 1.81 bits per heavy atom. The van der Waals surface area contributed by atoms with E-state index in [4.69, 9.17) is 0 Å². The van der Waals surface area contributed by atoms with Crippen LogP contribution >= 0.6 is 0 Å². The Kier molecular flexibility index (Phi) is 6.54. The van der Waals surface area contributed by atoms with E-state index in [1.807, 2.05) is 26.0 Å². The number of hydrogen-bond acceptors (Lipinski definition) is 4. The highest BCUT2D eigenvalue weighted by Gasteiger charge is 2.34. The first-order chi connectivity index (χ1) is 14.7. The summed E-state index contributed by atoms with van der Waals surface area (Å²) in [6, 6.07) is 11.9. The van der Waals surface area contributed by atoms with Gasteiger partial charge in [-0.1, -0.05) is 25.1 Å². The molecular weight excluding hydrogens is 418 g/mol. The number of nitrogens with one attached hydrogen (secondary N) is 1. The van der Waals surface area contributed by atoms with Gasteiger partial charge in [-0.15, -0.1) is 0 Å². The minimum absolute atomic E-state index is 0.0370. The Labute approximate surface area is 182 Å². The third kappa shape index (κ3) is 4.82. The fourth-order valence-corrected chi connectivity index (χ4v) is 4.34. The molecule has 2 amide bonds. The predicted octanol–water partition coefficient (Wildman–Crippen LogP) is 4.13. The van der Waals surface area contributed by atoms with Gasteiger partial charge in [0.15, 0.2) is 0 Å². The first-order valence-electron chi connectivity index (χ1n) is 10.2. The van der Waals surface area contributed by atoms with Crippen molar-refractivity contribution in [3.05, 3.63) is 42.5 Å². The van der Waals surface area contributed by atoms with Gasteiger partial charge in [-0.05, 0) is 55.7 Å². The summed E-state index contributed by atoms with van der Waals surface area (Å²) in [6.07, 6.45) is 0.00821. The van der Waals surface area contributed by atoms with Crippen molar-refractivity contribution in [2.75, 3.05) is 26.8 Å². The first-order valence-corrected chi connectivity index (χ1v) is 11.9. The average molecular weight is 446 g/mol. The second-order valence-corrected chi connectivity index (χ2v) is 9.56. The summed E-state index contributed by atoms with van der Waals surface area (Å²) in [7, 11) is -3.41. The number of nitrogens with zero attached hydrogens (tertiary/aromatic N) is 2. The summed E-state index contributed by atoms with van der Waals surface area (Å²) >= 11 is 0. The van der Waals surface area contributed by atoms with Crippen LogP contribution < -0.4 is 14.5 Å². The Morgan fingerprint density at radius 3 is 2.45 bits per heavy atom. The van der Waals surface area contributed by atoms with E-state index >= 15 is 0 Å². The number of carboxylic acid groups (broad SMARTS) is 1. The average Bonchev–Trinajstić information content (AvgIpc) is 2.72. The zero-order chi connectivity index (χ0) is 22.8. The minimum atomic E-state index is -3.41. The van der Waals surface area contributed by atoms with Crippen LogP contribution in [0.1, 0.15) is 33.6 Å². The summed E-state index contributed by atoms with van der Waals surface area (Å²) < 4.78 is 26.3. The molecule has 8 nitrogen and oxygen atoms in total. The maximum Gasteiger partial charge on any atom is 0.411 e. The highest BCUT2D eigenvalue weighted by molar-refractivity contribution is 7.92. The number of anilines is 3. The lowest BCUT2D eigenvalue weighted by Gasteiger charge is -2.40. The fourth-order valence-electron chi connectivity index (χ4n) is 3.71. The number of carbonyl (C=O) groups excluding carboxylic acids is 1. The number of fused-ring (bicyclic) bond motifs is 1. The molecule has 0 fully saturated rings. The molecule has 0 spiro atoms. The third-order valence-electron chi connectivity index (χ3n) is 5.23. The Balaban J connectivity index is 2.06. The van der Waals surface area contributed by atoms with Crippen molar-refractivity contribution >= 4 is 39.1 Å². The molecule has 166 valence electrons. The molecular formula is C22H27N3O5S. The highest BCUT2D eigenvalue weighted by atomic mass is 32.2. The molecule has 0 saturated carbocycles. The summed E-state index contributed by atoms with van der Waals surface area (Å²) in [6.45, 7) is 5.50. The lowest BCUT2D eigenvalue weighted by atomic mass is 10.00. The minimum Gasteiger partial charge on any atom is -0.465 e. The highest BCUT2D eigenvalue weighted by Crippen LogP contribution is 2.39.